The van der Waals surface area contributed by atoms with Crippen LogP contribution in [0.2, 0.25) is 0 Å². The molecule has 0 spiro atoms. The van der Waals surface area contributed by atoms with Gasteiger partial charge in [-0.25, -0.2) is 4.98 Å². The molecule has 7 nitrogen and oxygen atoms in total. The number of benzene rings is 2. The summed E-state index contributed by atoms with van der Waals surface area (Å²) in [5, 5.41) is 14.6. The first-order chi connectivity index (χ1) is 16.0. The van der Waals surface area contributed by atoms with Gasteiger partial charge in [0.2, 0.25) is 5.91 Å². The van der Waals surface area contributed by atoms with E-state index in [4.69, 9.17) is 4.74 Å². The zero-order chi connectivity index (χ0) is 23.2. The Morgan fingerprint density at radius 3 is 2.58 bits per heavy atom. The van der Waals surface area contributed by atoms with Gasteiger partial charge in [0.05, 0.1) is 18.1 Å². The summed E-state index contributed by atoms with van der Waals surface area (Å²) in [5.74, 6) is 2.12. The minimum absolute atomic E-state index is 0.134. The Balaban J connectivity index is 1.33. The molecule has 0 atom stereocenters. The Kier molecular flexibility index (Phi) is 7.41. The Labute approximate surface area is 201 Å². The van der Waals surface area contributed by atoms with Gasteiger partial charge in [-0.1, -0.05) is 55.9 Å². The van der Waals surface area contributed by atoms with Crippen molar-refractivity contribution in [1.82, 2.24) is 19.7 Å². The number of ether oxygens (including phenoxy) is 1. The number of nitrogens with zero attached hydrogens (tertiary/aromatic N) is 4. The zero-order valence-corrected chi connectivity index (χ0v) is 20.3. The Hall–Kier alpha value is -3.17. The Morgan fingerprint density at radius 1 is 1.09 bits per heavy atom. The van der Waals surface area contributed by atoms with Crippen LogP contribution in [0.15, 0.2) is 65.1 Å². The number of thiazole rings is 1. The second-order valence-corrected chi connectivity index (χ2v) is 9.64. The van der Waals surface area contributed by atoms with Crippen molar-refractivity contribution in [2.45, 2.75) is 19.0 Å². The van der Waals surface area contributed by atoms with Crippen molar-refractivity contribution in [3.05, 3.63) is 60.0 Å². The molecule has 9 heteroatoms. The van der Waals surface area contributed by atoms with Crippen LogP contribution in [0.1, 0.15) is 13.8 Å². The zero-order valence-electron chi connectivity index (χ0n) is 18.7. The average Bonchev–Trinajstić information content (AvgIpc) is 3.44. The number of thioether (sulfide) groups is 1. The molecule has 0 saturated carbocycles. The van der Waals surface area contributed by atoms with Gasteiger partial charge in [0.25, 0.3) is 0 Å². The van der Waals surface area contributed by atoms with E-state index in [1.165, 1.54) is 23.1 Å². The van der Waals surface area contributed by atoms with Gasteiger partial charge in [-0.2, -0.15) is 0 Å². The molecule has 170 valence electrons. The van der Waals surface area contributed by atoms with Gasteiger partial charge in [-0.3, -0.25) is 4.79 Å². The molecule has 1 N–H and O–H groups in total. The van der Waals surface area contributed by atoms with E-state index < -0.39 is 0 Å². The minimum Gasteiger partial charge on any atom is -0.493 e. The van der Waals surface area contributed by atoms with Crippen LogP contribution >= 0.6 is 23.1 Å². The van der Waals surface area contributed by atoms with Crippen molar-refractivity contribution in [3.8, 4) is 28.4 Å². The van der Waals surface area contributed by atoms with Gasteiger partial charge in [-0.05, 0) is 30.2 Å². The third-order valence-corrected chi connectivity index (χ3v) is 6.46. The molecule has 2 aromatic heterocycles. The van der Waals surface area contributed by atoms with Crippen molar-refractivity contribution in [2.24, 2.45) is 13.0 Å². The summed E-state index contributed by atoms with van der Waals surface area (Å²) < 4.78 is 7.63. The highest BCUT2D eigenvalue weighted by atomic mass is 32.2. The summed E-state index contributed by atoms with van der Waals surface area (Å²) in [6.07, 6.45) is 0. The molecule has 0 fully saturated rings. The number of carbonyl (C=O) groups excluding carboxylic acids is 1. The molecule has 1 amide bonds. The molecule has 2 heterocycles. The number of hydrogen-bond donors (Lipinski definition) is 1. The summed E-state index contributed by atoms with van der Waals surface area (Å²) in [5.41, 5.74) is 2.81. The number of hydrogen-bond acceptors (Lipinski definition) is 7. The SMILES string of the molecule is CC(C)COc1ccc(-c2nnc(SCC(=O)Nc3nc(-c4ccccc4)cs3)n2C)cc1. The lowest BCUT2D eigenvalue weighted by molar-refractivity contribution is -0.113. The van der Waals surface area contributed by atoms with Crippen LogP contribution in [-0.2, 0) is 11.8 Å². The van der Waals surface area contributed by atoms with Crippen LogP contribution in [0.5, 0.6) is 5.75 Å². The van der Waals surface area contributed by atoms with Gasteiger partial charge in [0.1, 0.15) is 5.75 Å². The van der Waals surface area contributed by atoms with E-state index in [0.29, 0.717) is 22.8 Å². The molecule has 4 aromatic rings. The molecule has 0 saturated heterocycles. The van der Waals surface area contributed by atoms with Gasteiger partial charge < -0.3 is 14.6 Å². The number of aromatic nitrogens is 4. The Morgan fingerprint density at radius 2 is 1.85 bits per heavy atom. The third kappa shape index (κ3) is 6.00. The number of rotatable bonds is 9. The van der Waals surface area contributed by atoms with Crippen LogP contribution in [0.25, 0.3) is 22.6 Å². The highest BCUT2D eigenvalue weighted by Crippen LogP contribution is 2.26. The fourth-order valence-electron chi connectivity index (χ4n) is 3.01. The van der Waals surface area contributed by atoms with Crippen molar-refractivity contribution < 1.29 is 9.53 Å². The first-order valence-electron chi connectivity index (χ1n) is 10.6. The first kappa shape index (κ1) is 23.0. The Bertz CT molecular complexity index is 1200. The number of nitrogens with one attached hydrogen (secondary N) is 1. The molecule has 0 aliphatic rings. The fourth-order valence-corrected chi connectivity index (χ4v) is 4.46. The predicted molar refractivity (Wildman–Crippen MR) is 134 cm³/mol. The van der Waals surface area contributed by atoms with E-state index in [1.54, 1.807) is 0 Å². The molecule has 0 unspecified atom stereocenters. The highest BCUT2D eigenvalue weighted by Gasteiger charge is 2.14. The molecule has 0 aliphatic carbocycles. The first-order valence-corrected chi connectivity index (χ1v) is 12.4. The topological polar surface area (TPSA) is 81.9 Å². The minimum atomic E-state index is -0.134. The highest BCUT2D eigenvalue weighted by molar-refractivity contribution is 7.99. The maximum absolute atomic E-state index is 12.4. The summed E-state index contributed by atoms with van der Waals surface area (Å²) in [4.78, 5) is 16.9. The normalized spacial score (nSPS) is 11.0. The lowest BCUT2D eigenvalue weighted by Gasteiger charge is -2.09. The molecule has 0 radical (unpaired) electrons. The lowest BCUT2D eigenvalue weighted by Crippen LogP contribution is -2.14. The molecule has 0 bridgehead atoms. The third-order valence-electron chi connectivity index (χ3n) is 4.68. The standard InChI is InChI=1S/C24H25N5O2S2/c1-16(2)13-31-19-11-9-18(10-12-19)22-27-28-24(29(22)3)33-15-21(30)26-23-25-20(14-32-23)17-7-5-4-6-8-17/h4-12,14,16H,13,15H2,1-3H3,(H,25,26,30). The predicted octanol–water partition coefficient (Wildman–Crippen LogP) is 5.37. The van der Waals surface area contributed by atoms with E-state index in [-0.39, 0.29) is 11.7 Å². The van der Waals surface area contributed by atoms with Crippen molar-refractivity contribution >= 4 is 34.1 Å². The molecule has 4 rings (SSSR count). The summed E-state index contributed by atoms with van der Waals surface area (Å²) in [6.45, 7) is 4.92. The molecular weight excluding hydrogens is 454 g/mol. The average molecular weight is 480 g/mol. The molecule has 2 aromatic carbocycles. The maximum atomic E-state index is 12.4. The summed E-state index contributed by atoms with van der Waals surface area (Å²) in [6, 6.07) is 17.7. The fraction of sp³-hybridized carbons (Fsp3) is 0.250. The second-order valence-electron chi connectivity index (χ2n) is 7.84. The van der Waals surface area contributed by atoms with E-state index in [9.17, 15) is 4.79 Å². The van der Waals surface area contributed by atoms with Gasteiger partial charge in [0.15, 0.2) is 16.1 Å². The molecular formula is C24H25N5O2S2. The van der Waals surface area contributed by atoms with Crippen LogP contribution in [0.3, 0.4) is 0 Å². The number of anilines is 1. The van der Waals surface area contributed by atoms with Crippen LogP contribution in [-0.4, -0.2) is 38.0 Å². The summed E-state index contributed by atoms with van der Waals surface area (Å²) in [7, 11) is 1.89. The van der Waals surface area contributed by atoms with Crippen LogP contribution in [0, 0.1) is 5.92 Å². The van der Waals surface area contributed by atoms with Crippen molar-refractivity contribution in [3.63, 3.8) is 0 Å². The van der Waals surface area contributed by atoms with E-state index in [1.807, 2.05) is 71.6 Å². The van der Waals surface area contributed by atoms with Crippen molar-refractivity contribution in [2.75, 3.05) is 17.7 Å². The van der Waals surface area contributed by atoms with Crippen molar-refractivity contribution in [1.29, 1.82) is 0 Å². The lowest BCUT2D eigenvalue weighted by atomic mass is 10.2. The smallest absolute Gasteiger partial charge is 0.236 e. The maximum Gasteiger partial charge on any atom is 0.236 e. The van der Waals surface area contributed by atoms with Gasteiger partial charge in [-0.15, -0.1) is 21.5 Å². The second kappa shape index (κ2) is 10.6. The summed E-state index contributed by atoms with van der Waals surface area (Å²) >= 11 is 2.75. The van der Waals surface area contributed by atoms with Crippen LogP contribution < -0.4 is 10.1 Å². The van der Waals surface area contributed by atoms with E-state index in [0.717, 1.165) is 28.4 Å². The van der Waals surface area contributed by atoms with Gasteiger partial charge in [0, 0.05) is 23.6 Å². The molecule has 33 heavy (non-hydrogen) atoms. The molecule has 0 aliphatic heterocycles. The van der Waals surface area contributed by atoms with E-state index >= 15 is 0 Å². The van der Waals surface area contributed by atoms with Crippen LogP contribution in [0.4, 0.5) is 5.13 Å². The monoisotopic (exact) mass is 479 g/mol. The van der Waals surface area contributed by atoms with Gasteiger partial charge >= 0.3 is 0 Å². The van der Waals surface area contributed by atoms with E-state index in [2.05, 4.69) is 34.3 Å². The number of carbonyl (C=O) groups is 1. The number of amides is 1. The quantitative estimate of drug-likeness (QED) is 0.325. The largest absolute Gasteiger partial charge is 0.493 e.